The minimum atomic E-state index is -0.119. The molecule has 92 valence electrons. The van der Waals surface area contributed by atoms with E-state index >= 15 is 0 Å². The second-order valence-corrected chi connectivity index (χ2v) is 4.54. The van der Waals surface area contributed by atoms with E-state index in [-0.39, 0.29) is 12.1 Å². The van der Waals surface area contributed by atoms with Crippen LogP contribution in [0.1, 0.15) is 12.8 Å². The van der Waals surface area contributed by atoms with Crippen LogP contribution in [0.3, 0.4) is 0 Å². The zero-order chi connectivity index (χ0) is 12.3. The number of nitrogens with one attached hydrogen (secondary N) is 1. The molecule has 2 rings (SSSR count). The number of rotatable bonds is 2. The highest BCUT2D eigenvalue weighted by Gasteiger charge is 2.27. The number of carbonyl (C=O) groups excluding carboxylic acids is 1. The Balaban J connectivity index is 2.04. The van der Waals surface area contributed by atoms with Gasteiger partial charge in [-0.05, 0) is 25.0 Å². The van der Waals surface area contributed by atoms with E-state index in [0.717, 1.165) is 19.4 Å². The Labute approximate surface area is 106 Å². The van der Waals surface area contributed by atoms with E-state index in [1.807, 2.05) is 12.1 Å². The number of hydrogen-bond donors (Lipinski definition) is 2. The molecule has 2 amide bonds. The van der Waals surface area contributed by atoms with E-state index in [1.54, 1.807) is 17.0 Å². The highest BCUT2D eigenvalue weighted by atomic mass is 35.5. The van der Waals surface area contributed by atoms with Crippen molar-refractivity contribution in [2.45, 2.75) is 18.9 Å². The van der Waals surface area contributed by atoms with Gasteiger partial charge in [-0.2, -0.15) is 0 Å². The molecule has 5 heteroatoms. The molecule has 1 fully saturated rings. The molecule has 3 N–H and O–H groups in total. The third-order valence-corrected chi connectivity index (χ3v) is 3.36. The van der Waals surface area contributed by atoms with Crippen molar-refractivity contribution in [2.24, 2.45) is 5.73 Å². The Morgan fingerprint density at radius 2 is 2.29 bits per heavy atom. The molecule has 0 spiro atoms. The Hall–Kier alpha value is -1.26. The summed E-state index contributed by atoms with van der Waals surface area (Å²) < 4.78 is 0. The van der Waals surface area contributed by atoms with Crippen LogP contribution in [0.15, 0.2) is 24.3 Å². The number of anilines is 1. The molecule has 1 unspecified atom stereocenters. The maximum absolute atomic E-state index is 12.0. The van der Waals surface area contributed by atoms with Crippen molar-refractivity contribution in [3.63, 3.8) is 0 Å². The second-order valence-electron chi connectivity index (χ2n) is 4.14. The lowest BCUT2D eigenvalue weighted by molar-refractivity contribution is 0.208. The molecule has 0 saturated carbocycles. The van der Waals surface area contributed by atoms with Gasteiger partial charge >= 0.3 is 6.03 Å². The molecule has 0 radical (unpaired) electrons. The Bertz CT molecular complexity index is 410. The van der Waals surface area contributed by atoms with Crippen LogP contribution in [0.4, 0.5) is 10.5 Å². The van der Waals surface area contributed by atoms with Gasteiger partial charge in [-0.25, -0.2) is 4.79 Å². The topological polar surface area (TPSA) is 58.4 Å². The van der Waals surface area contributed by atoms with E-state index in [2.05, 4.69) is 5.32 Å². The SMILES string of the molecule is NCC1CCCN1C(=O)Nc1ccccc1Cl. The van der Waals surface area contributed by atoms with E-state index in [0.29, 0.717) is 17.3 Å². The predicted octanol–water partition coefficient (Wildman–Crippen LogP) is 2.29. The standard InChI is InChI=1S/C12H16ClN3O/c13-10-5-1-2-6-11(10)15-12(17)16-7-3-4-9(16)8-14/h1-2,5-6,9H,3-4,7-8,14H2,(H,15,17). The van der Waals surface area contributed by atoms with E-state index in [4.69, 9.17) is 17.3 Å². The first-order valence-corrected chi connectivity index (χ1v) is 6.12. The first kappa shape index (κ1) is 12.2. The molecule has 1 heterocycles. The van der Waals surface area contributed by atoms with Crippen LogP contribution in [0, 0.1) is 0 Å². The number of nitrogens with zero attached hydrogens (tertiary/aromatic N) is 1. The third kappa shape index (κ3) is 2.70. The molecular formula is C12H16ClN3O. The van der Waals surface area contributed by atoms with Gasteiger partial charge in [0.1, 0.15) is 0 Å². The zero-order valence-electron chi connectivity index (χ0n) is 9.53. The molecule has 0 aromatic heterocycles. The van der Waals surface area contributed by atoms with Crippen molar-refractivity contribution in [3.8, 4) is 0 Å². The third-order valence-electron chi connectivity index (χ3n) is 3.03. The van der Waals surface area contributed by atoms with Gasteiger partial charge in [0.2, 0.25) is 0 Å². The summed E-state index contributed by atoms with van der Waals surface area (Å²) in [6.45, 7) is 1.27. The number of likely N-dealkylation sites (tertiary alicyclic amines) is 1. The van der Waals surface area contributed by atoms with Crippen molar-refractivity contribution >= 4 is 23.3 Å². The molecule has 1 aliphatic rings. The predicted molar refractivity (Wildman–Crippen MR) is 69.3 cm³/mol. The van der Waals surface area contributed by atoms with Crippen molar-refractivity contribution in [1.29, 1.82) is 0 Å². The maximum atomic E-state index is 12.0. The van der Waals surface area contributed by atoms with E-state index in [1.165, 1.54) is 0 Å². The van der Waals surface area contributed by atoms with Crippen molar-refractivity contribution in [2.75, 3.05) is 18.4 Å². The van der Waals surface area contributed by atoms with Crippen LogP contribution in [-0.2, 0) is 0 Å². The minimum Gasteiger partial charge on any atom is -0.328 e. The summed E-state index contributed by atoms with van der Waals surface area (Å²) in [4.78, 5) is 13.8. The van der Waals surface area contributed by atoms with Gasteiger partial charge in [-0.3, -0.25) is 0 Å². The maximum Gasteiger partial charge on any atom is 0.322 e. The molecule has 4 nitrogen and oxygen atoms in total. The van der Waals surface area contributed by atoms with Crippen LogP contribution >= 0.6 is 11.6 Å². The summed E-state index contributed by atoms with van der Waals surface area (Å²) in [7, 11) is 0. The Morgan fingerprint density at radius 3 is 3.00 bits per heavy atom. The Kier molecular flexibility index (Phi) is 3.86. The van der Waals surface area contributed by atoms with Crippen molar-refractivity contribution in [1.82, 2.24) is 4.90 Å². The van der Waals surface area contributed by atoms with Gasteiger partial charge in [0, 0.05) is 19.1 Å². The van der Waals surface area contributed by atoms with Gasteiger partial charge < -0.3 is 16.0 Å². The van der Waals surface area contributed by atoms with Gasteiger partial charge in [0.15, 0.2) is 0 Å². The number of nitrogens with two attached hydrogens (primary N) is 1. The molecular weight excluding hydrogens is 238 g/mol. The number of para-hydroxylation sites is 1. The molecule has 0 bridgehead atoms. The summed E-state index contributed by atoms with van der Waals surface area (Å²) in [6.07, 6.45) is 1.99. The monoisotopic (exact) mass is 253 g/mol. The van der Waals surface area contributed by atoms with E-state index < -0.39 is 0 Å². The lowest BCUT2D eigenvalue weighted by Crippen LogP contribution is -2.42. The number of carbonyl (C=O) groups is 1. The average Bonchev–Trinajstić information content (AvgIpc) is 2.80. The van der Waals surface area contributed by atoms with Gasteiger partial charge in [-0.15, -0.1) is 0 Å². The van der Waals surface area contributed by atoms with Gasteiger partial charge in [0.05, 0.1) is 10.7 Å². The second kappa shape index (κ2) is 5.38. The lowest BCUT2D eigenvalue weighted by Gasteiger charge is -2.23. The fourth-order valence-electron chi connectivity index (χ4n) is 2.10. The molecule has 1 aromatic rings. The average molecular weight is 254 g/mol. The van der Waals surface area contributed by atoms with Crippen LogP contribution in [0.5, 0.6) is 0 Å². The van der Waals surface area contributed by atoms with Crippen LogP contribution < -0.4 is 11.1 Å². The summed E-state index contributed by atoms with van der Waals surface area (Å²) in [6, 6.07) is 7.24. The molecule has 1 atom stereocenters. The smallest absolute Gasteiger partial charge is 0.322 e. The summed E-state index contributed by atoms with van der Waals surface area (Å²) in [5.74, 6) is 0. The lowest BCUT2D eigenvalue weighted by atomic mass is 10.2. The highest BCUT2D eigenvalue weighted by molar-refractivity contribution is 6.33. The van der Waals surface area contributed by atoms with E-state index in [9.17, 15) is 4.79 Å². The molecule has 17 heavy (non-hydrogen) atoms. The highest BCUT2D eigenvalue weighted by Crippen LogP contribution is 2.23. The molecule has 1 aliphatic heterocycles. The first-order chi connectivity index (χ1) is 8.22. The molecule has 1 saturated heterocycles. The quantitative estimate of drug-likeness (QED) is 0.850. The summed E-state index contributed by atoms with van der Waals surface area (Å²) >= 11 is 5.99. The number of benzene rings is 1. The number of urea groups is 1. The zero-order valence-corrected chi connectivity index (χ0v) is 10.3. The summed E-state index contributed by atoms with van der Waals surface area (Å²) in [5, 5.41) is 3.36. The van der Waals surface area contributed by atoms with Crippen molar-refractivity contribution < 1.29 is 4.79 Å². The number of amides is 2. The van der Waals surface area contributed by atoms with Crippen molar-refractivity contribution in [3.05, 3.63) is 29.3 Å². The first-order valence-electron chi connectivity index (χ1n) is 5.74. The normalized spacial score (nSPS) is 19.4. The van der Waals surface area contributed by atoms with Crippen LogP contribution in [-0.4, -0.2) is 30.1 Å². The fraction of sp³-hybridized carbons (Fsp3) is 0.417. The van der Waals surface area contributed by atoms with Gasteiger partial charge in [-0.1, -0.05) is 23.7 Å². The van der Waals surface area contributed by atoms with Crippen LogP contribution in [0.25, 0.3) is 0 Å². The summed E-state index contributed by atoms with van der Waals surface area (Å²) in [5.41, 5.74) is 6.28. The molecule has 1 aromatic carbocycles. The van der Waals surface area contributed by atoms with Gasteiger partial charge in [0.25, 0.3) is 0 Å². The molecule has 0 aliphatic carbocycles. The minimum absolute atomic E-state index is 0.119. The Morgan fingerprint density at radius 1 is 1.53 bits per heavy atom. The fourth-order valence-corrected chi connectivity index (χ4v) is 2.28. The number of halogens is 1. The van der Waals surface area contributed by atoms with Crippen LogP contribution in [0.2, 0.25) is 5.02 Å². The largest absolute Gasteiger partial charge is 0.328 e. The number of hydrogen-bond acceptors (Lipinski definition) is 2.